The number of thiophene rings is 1. The molecule has 24 heavy (non-hydrogen) atoms. The molecule has 3 rings (SSSR count). The minimum atomic E-state index is -0.523. The van der Waals surface area contributed by atoms with Crippen molar-refractivity contribution in [1.82, 2.24) is 10.2 Å². The summed E-state index contributed by atoms with van der Waals surface area (Å²) in [6.07, 6.45) is 3.57. The molecule has 0 bridgehead atoms. The predicted molar refractivity (Wildman–Crippen MR) is 88.7 cm³/mol. The molecule has 1 saturated heterocycles. The van der Waals surface area contributed by atoms with Crippen LogP contribution in [-0.4, -0.2) is 46.8 Å². The van der Waals surface area contributed by atoms with Crippen LogP contribution in [0.25, 0.3) is 0 Å². The molecular weight excluding hydrogens is 332 g/mol. The van der Waals surface area contributed by atoms with E-state index >= 15 is 0 Å². The summed E-state index contributed by atoms with van der Waals surface area (Å²) in [4.78, 5) is 37.0. The van der Waals surface area contributed by atoms with Crippen LogP contribution in [0.5, 0.6) is 0 Å². The topological polar surface area (TPSA) is 119 Å². The van der Waals surface area contributed by atoms with Gasteiger partial charge in [-0.2, -0.15) is 0 Å². The van der Waals surface area contributed by atoms with Crippen LogP contribution in [0.3, 0.4) is 0 Å². The lowest BCUT2D eigenvalue weighted by Crippen LogP contribution is -2.48. The molecule has 9 heteroatoms. The van der Waals surface area contributed by atoms with Gasteiger partial charge in [-0.05, 0) is 37.7 Å². The second-order valence-electron chi connectivity index (χ2n) is 6.30. The number of nitrogens with one attached hydrogen (secondary N) is 1. The van der Waals surface area contributed by atoms with Crippen LogP contribution >= 0.6 is 11.3 Å². The highest BCUT2D eigenvalue weighted by Crippen LogP contribution is 2.31. The number of amides is 2. The molecule has 2 fully saturated rings. The number of carbonyl (C=O) groups is 2. The van der Waals surface area contributed by atoms with Gasteiger partial charge >= 0.3 is 5.00 Å². The number of rotatable bonds is 6. The molecule has 1 saturated carbocycles. The van der Waals surface area contributed by atoms with Gasteiger partial charge in [0.1, 0.15) is 6.04 Å². The van der Waals surface area contributed by atoms with Crippen LogP contribution in [0.1, 0.15) is 35.4 Å². The van der Waals surface area contributed by atoms with E-state index in [4.69, 9.17) is 5.73 Å². The van der Waals surface area contributed by atoms with Gasteiger partial charge in [0.25, 0.3) is 5.91 Å². The van der Waals surface area contributed by atoms with Gasteiger partial charge in [-0.25, -0.2) is 0 Å². The Labute approximate surface area is 143 Å². The van der Waals surface area contributed by atoms with E-state index < -0.39 is 11.0 Å². The van der Waals surface area contributed by atoms with Crippen LogP contribution < -0.4 is 11.1 Å². The molecule has 1 aliphatic heterocycles. The molecule has 0 aromatic carbocycles. The van der Waals surface area contributed by atoms with Gasteiger partial charge in [0, 0.05) is 25.2 Å². The Morgan fingerprint density at radius 1 is 1.42 bits per heavy atom. The van der Waals surface area contributed by atoms with Gasteiger partial charge in [0.2, 0.25) is 5.91 Å². The van der Waals surface area contributed by atoms with Gasteiger partial charge in [-0.3, -0.25) is 19.7 Å². The molecular formula is C15H20N4O4S. The van der Waals surface area contributed by atoms with Crippen molar-refractivity contribution >= 4 is 28.2 Å². The molecule has 2 amide bonds. The quantitative estimate of drug-likeness (QED) is 0.587. The third kappa shape index (κ3) is 3.57. The molecule has 8 nitrogen and oxygen atoms in total. The van der Waals surface area contributed by atoms with Crippen LogP contribution in [0, 0.1) is 16.0 Å². The smallest absolute Gasteiger partial charge is 0.324 e. The highest BCUT2D eigenvalue weighted by atomic mass is 32.1. The number of nitro groups is 1. The molecule has 0 spiro atoms. The Morgan fingerprint density at radius 3 is 2.79 bits per heavy atom. The third-order valence-corrected chi connectivity index (χ3v) is 5.56. The average molecular weight is 352 g/mol. The fourth-order valence-corrected chi connectivity index (χ4v) is 3.77. The van der Waals surface area contributed by atoms with Crippen molar-refractivity contribution < 1.29 is 14.5 Å². The number of nitrogens with two attached hydrogens (primary N) is 1. The fourth-order valence-electron chi connectivity index (χ4n) is 2.99. The standard InChI is InChI=1S/C15H20N4O4S/c16-10(9-3-4-9)8-17-14(20)11-2-1-7-18(11)15(21)12-5-6-13(24-12)19(22)23/h5-6,9-11H,1-4,7-8,16H2,(H,17,20). The maximum Gasteiger partial charge on any atom is 0.324 e. The largest absolute Gasteiger partial charge is 0.353 e. The lowest BCUT2D eigenvalue weighted by molar-refractivity contribution is -0.380. The van der Waals surface area contributed by atoms with Crippen molar-refractivity contribution in [2.45, 2.75) is 37.8 Å². The zero-order valence-electron chi connectivity index (χ0n) is 13.1. The van der Waals surface area contributed by atoms with Crippen molar-refractivity contribution in [3.05, 3.63) is 27.1 Å². The first-order chi connectivity index (χ1) is 11.5. The van der Waals surface area contributed by atoms with Crippen molar-refractivity contribution in [3.8, 4) is 0 Å². The Bertz CT molecular complexity index is 658. The molecule has 2 atom stereocenters. The first kappa shape index (κ1) is 16.8. The highest BCUT2D eigenvalue weighted by Gasteiger charge is 2.36. The van der Waals surface area contributed by atoms with E-state index in [1.165, 1.54) is 17.0 Å². The van der Waals surface area contributed by atoms with Crippen molar-refractivity contribution in [2.75, 3.05) is 13.1 Å². The van der Waals surface area contributed by atoms with E-state index in [1.54, 1.807) is 0 Å². The number of carbonyl (C=O) groups excluding carboxylic acids is 2. The van der Waals surface area contributed by atoms with E-state index in [1.807, 2.05) is 0 Å². The van der Waals surface area contributed by atoms with Gasteiger partial charge in [0.15, 0.2) is 0 Å². The normalized spacial score (nSPS) is 21.5. The van der Waals surface area contributed by atoms with Crippen molar-refractivity contribution in [1.29, 1.82) is 0 Å². The van der Waals surface area contributed by atoms with E-state index in [2.05, 4.69) is 5.32 Å². The molecule has 3 N–H and O–H groups in total. The zero-order chi connectivity index (χ0) is 17.3. The maximum atomic E-state index is 12.6. The Hall–Kier alpha value is -2.00. The fraction of sp³-hybridized carbons (Fsp3) is 0.600. The third-order valence-electron chi connectivity index (χ3n) is 4.54. The summed E-state index contributed by atoms with van der Waals surface area (Å²) in [7, 11) is 0. The average Bonchev–Trinajstić information content (AvgIpc) is 3.10. The molecule has 2 unspecified atom stereocenters. The minimum absolute atomic E-state index is 0.0283. The molecule has 130 valence electrons. The Morgan fingerprint density at radius 2 is 2.17 bits per heavy atom. The monoisotopic (exact) mass is 352 g/mol. The molecule has 1 aromatic heterocycles. The summed E-state index contributed by atoms with van der Waals surface area (Å²) in [5.41, 5.74) is 5.99. The Balaban J connectivity index is 1.61. The molecule has 1 aliphatic carbocycles. The van der Waals surface area contributed by atoms with Crippen molar-refractivity contribution in [2.24, 2.45) is 11.7 Å². The van der Waals surface area contributed by atoms with Gasteiger partial charge in [-0.1, -0.05) is 11.3 Å². The molecule has 2 aliphatic rings. The van der Waals surface area contributed by atoms with Crippen LogP contribution in [0.15, 0.2) is 12.1 Å². The molecule has 0 radical (unpaired) electrons. The highest BCUT2D eigenvalue weighted by molar-refractivity contribution is 7.17. The van der Waals surface area contributed by atoms with E-state index in [0.717, 1.165) is 30.6 Å². The lowest BCUT2D eigenvalue weighted by atomic mass is 10.1. The van der Waals surface area contributed by atoms with Crippen LogP contribution in [0.2, 0.25) is 0 Å². The molecule has 1 aromatic rings. The number of nitrogens with zero attached hydrogens (tertiary/aromatic N) is 2. The first-order valence-corrected chi connectivity index (χ1v) is 8.87. The summed E-state index contributed by atoms with van der Waals surface area (Å²) >= 11 is 0.838. The Kier molecular flexibility index (Phi) is 4.81. The second-order valence-corrected chi connectivity index (χ2v) is 7.36. The minimum Gasteiger partial charge on any atom is -0.353 e. The lowest BCUT2D eigenvalue weighted by Gasteiger charge is -2.24. The number of likely N-dealkylation sites (tertiary alicyclic amines) is 1. The van der Waals surface area contributed by atoms with Crippen molar-refractivity contribution in [3.63, 3.8) is 0 Å². The predicted octanol–water partition coefficient (Wildman–Crippen LogP) is 1.11. The summed E-state index contributed by atoms with van der Waals surface area (Å²) in [6.45, 7) is 0.907. The van der Waals surface area contributed by atoms with E-state index in [9.17, 15) is 19.7 Å². The van der Waals surface area contributed by atoms with Gasteiger partial charge in [0.05, 0.1) is 9.80 Å². The van der Waals surface area contributed by atoms with Gasteiger partial charge < -0.3 is 16.0 Å². The first-order valence-electron chi connectivity index (χ1n) is 8.06. The van der Waals surface area contributed by atoms with Crippen LogP contribution in [-0.2, 0) is 4.79 Å². The molecule has 2 heterocycles. The summed E-state index contributed by atoms with van der Waals surface area (Å²) in [5, 5.41) is 13.5. The van der Waals surface area contributed by atoms with Crippen LogP contribution in [0.4, 0.5) is 5.00 Å². The summed E-state index contributed by atoms with van der Waals surface area (Å²) in [5.74, 6) is -0.0153. The summed E-state index contributed by atoms with van der Waals surface area (Å²) in [6, 6.07) is 2.21. The number of hydrogen-bond acceptors (Lipinski definition) is 6. The van der Waals surface area contributed by atoms with E-state index in [-0.39, 0.29) is 27.7 Å². The zero-order valence-corrected chi connectivity index (χ0v) is 14.0. The van der Waals surface area contributed by atoms with Gasteiger partial charge in [-0.15, -0.1) is 0 Å². The van der Waals surface area contributed by atoms with E-state index in [0.29, 0.717) is 25.4 Å². The SMILES string of the molecule is NC(CNC(=O)C1CCCN1C(=O)c1ccc([N+](=O)[O-])s1)C1CC1. The summed E-state index contributed by atoms with van der Waals surface area (Å²) < 4.78 is 0. The second kappa shape index (κ2) is 6.86. The number of hydrogen-bond donors (Lipinski definition) is 2. The maximum absolute atomic E-state index is 12.6.